The lowest BCUT2D eigenvalue weighted by Crippen LogP contribution is -2.41. The molecule has 1 saturated heterocycles. The smallest absolute Gasteiger partial charge is 0.444 e. The number of benzene rings is 1. The first-order chi connectivity index (χ1) is 13.2. The highest BCUT2D eigenvalue weighted by Crippen LogP contribution is 2.38. The van der Waals surface area contributed by atoms with Gasteiger partial charge in [-0.15, -0.1) is 0 Å². The average Bonchev–Trinajstić information content (AvgIpc) is 2.78. The van der Waals surface area contributed by atoms with Gasteiger partial charge in [0.2, 0.25) is 0 Å². The molecule has 1 aromatic carbocycles. The summed E-state index contributed by atoms with van der Waals surface area (Å²) in [4.78, 5) is 22.9. The summed E-state index contributed by atoms with van der Waals surface area (Å²) in [5.74, 6) is -0.555. The normalized spacial score (nSPS) is 18.5. The summed E-state index contributed by atoms with van der Waals surface area (Å²) in [7, 11) is -0.778. The van der Waals surface area contributed by atoms with Crippen LogP contribution in [0.15, 0.2) is 23.7 Å². The fourth-order valence-corrected chi connectivity index (χ4v) is 2.62. The molecule has 1 fully saturated rings. The van der Waals surface area contributed by atoms with Crippen molar-refractivity contribution in [3.8, 4) is 0 Å². The topological polar surface area (TPSA) is 73.9 Å². The highest BCUT2D eigenvalue weighted by atomic mass is 19.1. The summed E-state index contributed by atoms with van der Waals surface area (Å²) >= 11 is 0. The lowest BCUT2D eigenvalue weighted by atomic mass is 9.77. The number of aldehydes is 1. The fraction of sp³-hybridized carbons (Fsp3) is 0.524. The van der Waals surface area contributed by atoms with Crippen LogP contribution in [-0.4, -0.2) is 42.8 Å². The van der Waals surface area contributed by atoms with E-state index in [4.69, 9.17) is 14.0 Å². The van der Waals surface area contributed by atoms with Gasteiger partial charge in [-0.1, -0.05) is 18.2 Å². The molecule has 1 aromatic rings. The molecular formula is C21H29BFNO5. The Kier molecular flexibility index (Phi) is 6.60. The third-order valence-electron chi connectivity index (χ3n) is 4.89. The van der Waals surface area contributed by atoms with Crippen LogP contribution in [0.2, 0.25) is 0 Å². The molecule has 29 heavy (non-hydrogen) atoms. The van der Waals surface area contributed by atoms with Crippen LogP contribution in [0.25, 0.3) is 6.08 Å². The molecule has 0 bridgehead atoms. The highest BCUT2D eigenvalue weighted by molar-refractivity contribution is 6.56. The van der Waals surface area contributed by atoms with E-state index in [0.717, 1.165) is 6.07 Å². The summed E-state index contributed by atoms with van der Waals surface area (Å²) < 4.78 is 31.8. The van der Waals surface area contributed by atoms with Gasteiger partial charge in [0, 0.05) is 17.7 Å². The largest absolute Gasteiger partial charge is 0.492 e. The Morgan fingerprint density at radius 2 is 1.79 bits per heavy atom. The zero-order chi connectivity index (χ0) is 22.0. The molecule has 8 heteroatoms. The summed E-state index contributed by atoms with van der Waals surface area (Å²) in [6.07, 6.45) is 1.54. The SMILES string of the molecule is CC(C)(C)OC(=O)NCC(=Cc1ccc(C=O)cc1F)B1OC(C)(C)C(C)(C)O1. The molecule has 0 atom stereocenters. The Bertz CT molecular complexity index is 798. The second-order valence-electron chi connectivity index (χ2n) is 9.06. The van der Waals surface area contributed by atoms with Crippen LogP contribution in [0, 0.1) is 5.82 Å². The minimum atomic E-state index is -0.778. The first kappa shape index (κ1) is 23.1. The monoisotopic (exact) mass is 405 g/mol. The van der Waals surface area contributed by atoms with Crippen LogP contribution in [0.3, 0.4) is 0 Å². The number of hydrogen-bond donors (Lipinski definition) is 1. The van der Waals surface area contributed by atoms with E-state index in [1.54, 1.807) is 26.8 Å². The van der Waals surface area contributed by atoms with Crippen molar-refractivity contribution in [2.75, 3.05) is 6.54 Å². The lowest BCUT2D eigenvalue weighted by Gasteiger charge is -2.32. The standard InChI is InChI=1S/C21H29BFNO5/c1-19(2,3)27-18(26)24-12-16(22-28-20(4,5)21(6,7)29-22)11-15-9-8-14(13-25)10-17(15)23/h8-11,13H,12H2,1-7H3,(H,24,26). The molecular weight excluding hydrogens is 376 g/mol. The van der Waals surface area contributed by atoms with Crippen molar-refractivity contribution >= 4 is 25.6 Å². The van der Waals surface area contributed by atoms with Gasteiger partial charge in [-0.2, -0.15) is 0 Å². The minimum Gasteiger partial charge on any atom is -0.444 e. The van der Waals surface area contributed by atoms with Gasteiger partial charge in [0.25, 0.3) is 0 Å². The lowest BCUT2D eigenvalue weighted by molar-refractivity contribution is 0.00578. The van der Waals surface area contributed by atoms with Crippen LogP contribution in [0.4, 0.5) is 9.18 Å². The van der Waals surface area contributed by atoms with Crippen molar-refractivity contribution in [2.45, 2.75) is 65.3 Å². The van der Waals surface area contributed by atoms with Crippen molar-refractivity contribution in [2.24, 2.45) is 0 Å². The molecule has 1 aliphatic rings. The van der Waals surface area contributed by atoms with Gasteiger partial charge >= 0.3 is 13.2 Å². The second-order valence-corrected chi connectivity index (χ2v) is 9.06. The van der Waals surface area contributed by atoms with E-state index in [1.165, 1.54) is 12.1 Å². The molecule has 1 amide bonds. The Balaban J connectivity index is 2.31. The van der Waals surface area contributed by atoms with Crippen LogP contribution < -0.4 is 5.32 Å². The molecule has 6 nitrogen and oxygen atoms in total. The van der Waals surface area contributed by atoms with Gasteiger partial charge in [-0.05, 0) is 60.0 Å². The number of carbonyl (C=O) groups is 2. The number of hydrogen-bond acceptors (Lipinski definition) is 5. The fourth-order valence-electron chi connectivity index (χ4n) is 2.62. The quantitative estimate of drug-likeness (QED) is 0.588. The number of halogens is 1. The van der Waals surface area contributed by atoms with Gasteiger partial charge in [-0.25, -0.2) is 9.18 Å². The molecule has 0 radical (unpaired) electrons. The van der Waals surface area contributed by atoms with Gasteiger partial charge in [0.05, 0.1) is 11.2 Å². The van der Waals surface area contributed by atoms with Gasteiger partial charge in [-0.3, -0.25) is 4.79 Å². The number of nitrogens with one attached hydrogen (secondary N) is 1. The van der Waals surface area contributed by atoms with Crippen LogP contribution in [0.5, 0.6) is 0 Å². The van der Waals surface area contributed by atoms with Crippen molar-refractivity contribution in [1.82, 2.24) is 5.32 Å². The van der Waals surface area contributed by atoms with Crippen molar-refractivity contribution < 1.29 is 28.0 Å². The predicted molar refractivity (Wildman–Crippen MR) is 110 cm³/mol. The van der Waals surface area contributed by atoms with Gasteiger partial charge in [0.1, 0.15) is 17.7 Å². The number of ether oxygens (including phenoxy) is 1. The molecule has 1 N–H and O–H groups in total. The van der Waals surface area contributed by atoms with Crippen molar-refractivity contribution in [3.63, 3.8) is 0 Å². The average molecular weight is 405 g/mol. The van der Waals surface area contributed by atoms with E-state index >= 15 is 0 Å². The number of alkyl carbamates (subject to hydrolysis) is 1. The molecule has 1 heterocycles. The maximum absolute atomic E-state index is 14.4. The summed E-state index contributed by atoms with van der Waals surface area (Å²) in [5, 5.41) is 2.67. The second kappa shape index (κ2) is 8.28. The summed E-state index contributed by atoms with van der Waals surface area (Å²) in [6.45, 7) is 13.0. The number of amides is 1. The van der Waals surface area contributed by atoms with E-state index in [2.05, 4.69) is 5.32 Å². The molecule has 0 aliphatic carbocycles. The zero-order valence-electron chi connectivity index (χ0n) is 18.1. The molecule has 158 valence electrons. The van der Waals surface area contributed by atoms with Crippen LogP contribution in [-0.2, 0) is 14.0 Å². The molecule has 1 aliphatic heterocycles. The molecule has 0 unspecified atom stereocenters. The predicted octanol–water partition coefficient (Wildman–Crippen LogP) is 4.18. The minimum absolute atomic E-state index is 0.0423. The van der Waals surface area contributed by atoms with Crippen molar-refractivity contribution in [1.29, 1.82) is 0 Å². The van der Waals surface area contributed by atoms with E-state index in [-0.39, 0.29) is 17.7 Å². The third kappa shape index (κ3) is 5.90. The van der Waals surface area contributed by atoms with E-state index in [0.29, 0.717) is 11.8 Å². The zero-order valence-corrected chi connectivity index (χ0v) is 18.1. The van der Waals surface area contributed by atoms with Gasteiger partial charge < -0.3 is 19.4 Å². The molecule has 0 aromatic heterocycles. The summed E-state index contributed by atoms with van der Waals surface area (Å²) in [5.41, 5.74) is -0.817. The molecule has 0 saturated carbocycles. The Morgan fingerprint density at radius 3 is 2.28 bits per heavy atom. The Morgan fingerprint density at radius 1 is 1.21 bits per heavy atom. The first-order valence-electron chi connectivity index (χ1n) is 9.52. The highest BCUT2D eigenvalue weighted by Gasteiger charge is 2.52. The number of carbonyl (C=O) groups excluding carboxylic acids is 2. The van der Waals surface area contributed by atoms with E-state index < -0.39 is 35.8 Å². The summed E-state index contributed by atoms with van der Waals surface area (Å²) in [6, 6.07) is 4.17. The van der Waals surface area contributed by atoms with Crippen LogP contribution in [0.1, 0.15) is 64.4 Å². The number of rotatable bonds is 5. The van der Waals surface area contributed by atoms with Crippen LogP contribution >= 0.6 is 0 Å². The van der Waals surface area contributed by atoms with Crippen molar-refractivity contribution in [3.05, 3.63) is 40.6 Å². The Labute approximate surface area is 171 Å². The molecule has 0 spiro atoms. The first-order valence-corrected chi connectivity index (χ1v) is 9.52. The third-order valence-corrected chi connectivity index (χ3v) is 4.89. The molecule has 2 rings (SSSR count). The Hall–Kier alpha value is -2.19. The van der Waals surface area contributed by atoms with Gasteiger partial charge in [0.15, 0.2) is 0 Å². The van der Waals surface area contributed by atoms with E-state index in [1.807, 2.05) is 27.7 Å². The van der Waals surface area contributed by atoms with E-state index in [9.17, 15) is 14.0 Å². The maximum Gasteiger partial charge on any atom is 0.492 e. The maximum atomic E-state index is 14.4.